The first kappa shape index (κ1) is 11.8. The lowest BCUT2D eigenvalue weighted by Crippen LogP contribution is -2.43. The Morgan fingerprint density at radius 1 is 1.41 bits per heavy atom. The van der Waals surface area contributed by atoms with Crippen molar-refractivity contribution < 1.29 is 9.53 Å². The van der Waals surface area contributed by atoms with Gasteiger partial charge < -0.3 is 15.4 Å². The number of carbonyl (C=O) groups is 1. The highest BCUT2D eigenvalue weighted by atomic mass is 16.6. The van der Waals surface area contributed by atoms with Gasteiger partial charge in [-0.05, 0) is 19.9 Å². The zero-order chi connectivity index (χ0) is 12.4. The van der Waals surface area contributed by atoms with Gasteiger partial charge in [-0.3, -0.25) is 0 Å². The van der Waals surface area contributed by atoms with Crippen molar-refractivity contribution in [2.45, 2.75) is 32.4 Å². The molecule has 92 valence electrons. The maximum absolute atomic E-state index is 11.8. The minimum absolute atomic E-state index is 0.177. The summed E-state index contributed by atoms with van der Waals surface area (Å²) < 4.78 is 5.43. The molecule has 1 saturated heterocycles. The Kier molecular flexibility index (Phi) is 3.22. The summed E-state index contributed by atoms with van der Waals surface area (Å²) in [6, 6.07) is 7.71. The number of benzene rings is 1. The maximum Gasteiger partial charge on any atom is 0.410 e. The number of nitrogens with zero attached hydrogens (tertiary/aromatic N) is 1. The number of para-hydroxylation sites is 1. The molecule has 1 fully saturated rings. The number of anilines is 1. The fourth-order valence-electron chi connectivity index (χ4n) is 2.09. The van der Waals surface area contributed by atoms with Gasteiger partial charge in [0.15, 0.2) is 0 Å². The van der Waals surface area contributed by atoms with E-state index in [0.29, 0.717) is 5.69 Å². The van der Waals surface area contributed by atoms with Crippen LogP contribution in [0.1, 0.15) is 31.9 Å². The van der Waals surface area contributed by atoms with E-state index in [1.165, 1.54) is 0 Å². The van der Waals surface area contributed by atoms with Crippen LogP contribution in [0.25, 0.3) is 0 Å². The monoisotopic (exact) mass is 234 g/mol. The van der Waals surface area contributed by atoms with Crippen molar-refractivity contribution >= 4 is 11.8 Å². The summed E-state index contributed by atoms with van der Waals surface area (Å²) in [4.78, 5) is 13.5. The van der Waals surface area contributed by atoms with E-state index < -0.39 is 0 Å². The van der Waals surface area contributed by atoms with Crippen LogP contribution in [0.2, 0.25) is 0 Å². The normalized spacial score (nSPS) is 20.5. The van der Waals surface area contributed by atoms with Crippen LogP contribution in [0.3, 0.4) is 0 Å². The Hall–Kier alpha value is -1.71. The predicted molar refractivity (Wildman–Crippen MR) is 66.5 cm³/mol. The second kappa shape index (κ2) is 4.65. The average Bonchev–Trinajstić information content (AvgIpc) is 2.29. The quantitative estimate of drug-likeness (QED) is 0.800. The van der Waals surface area contributed by atoms with E-state index in [1.807, 2.05) is 38.1 Å². The molecule has 1 aromatic carbocycles. The van der Waals surface area contributed by atoms with Crippen LogP contribution >= 0.6 is 0 Å². The van der Waals surface area contributed by atoms with Crippen molar-refractivity contribution in [1.82, 2.24) is 4.90 Å². The van der Waals surface area contributed by atoms with E-state index in [0.717, 1.165) is 18.5 Å². The highest BCUT2D eigenvalue weighted by Crippen LogP contribution is 2.30. The summed E-state index contributed by atoms with van der Waals surface area (Å²) in [6.45, 7) is 4.69. The van der Waals surface area contributed by atoms with Crippen LogP contribution in [0.4, 0.5) is 10.5 Å². The second-order valence-electron chi connectivity index (χ2n) is 4.58. The number of cyclic esters (lactones) is 1. The fourth-order valence-corrected chi connectivity index (χ4v) is 2.09. The molecule has 17 heavy (non-hydrogen) atoms. The van der Waals surface area contributed by atoms with Gasteiger partial charge >= 0.3 is 6.09 Å². The van der Waals surface area contributed by atoms with E-state index in [2.05, 4.69) is 0 Å². The van der Waals surface area contributed by atoms with Crippen molar-refractivity contribution in [2.75, 3.05) is 12.3 Å². The van der Waals surface area contributed by atoms with Crippen LogP contribution in [-0.4, -0.2) is 23.6 Å². The lowest BCUT2D eigenvalue weighted by atomic mass is 10.0. The summed E-state index contributed by atoms with van der Waals surface area (Å²) in [5.74, 6) is 0. The molecule has 0 spiro atoms. The molecule has 0 aliphatic carbocycles. The van der Waals surface area contributed by atoms with E-state index in [-0.39, 0.29) is 18.2 Å². The third-order valence-electron chi connectivity index (χ3n) is 3.08. The number of carbonyl (C=O) groups excluding carboxylic acids is 1. The molecule has 4 nitrogen and oxygen atoms in total. The highest BCUT2D eigenvalue weighted by molar-refractivity contribution is 5.69. The number of hydrogen-bond acceptors (Lipinski definition) is 3. The first-order valence-electron chi connectivity index (χ1n) is 5.91. The number of amides is 1. The number of nitrogens with two attached hydrogens (primary N) is 1. The third kappa shape index (κ3) is 2.35. The van der Waals surface area contributed by atoms with Crippen molar-refractivity contribution in [2.24, 2.45) is 0 Å². The Morgan fingerprint density at radius 2 is 2.12 bits per heavy atom. The molecule has 1 atom stereocenters. The molecule has 2 N–H and O–H groups in total. The van der Waals surface area contributed by atoms with E-state index in [4.69, 9.17) is 10.5 Å². The van der Waals surface area contributed by atoms with Crippen molar-refractivity contribution in [3.63, 3.8) is 0 Å². The van der Waals surface area contributed by atoms with Gasteiger partial charge in [0, 0.05) is 30.3 Å². The lowest BCUT2D eigenvalue weighted by molar-refractivity contribution is 0.0153. The van der Waals surface area contributed by atoms with Gasteiger partial charge in [0.2, 0.25) is 0 Å². The van der Waals surface area contributed by atoms with Gasteiger partial charge in [0.1, 0.15) is 6.10 Å². The molecule has 1 aliphatic rings. The van der Waals surface area contributed by atoms with Crippen molar-refractivity contribution in [3.8, 4) is 0 Å². The molecular formula is C13H18N2O2. The molecule has 0 saturated carbocycles. The molecule has 1 unspecified atom stereocenters. The van der Waals surface area contributed by atoms with Gasteiger partial charge in [0.05, 0.1) is 0 Å². The Labute approximate surface area is 101 Å². The van der Waals surface area contributed by atoms with Crippen LogP contribution in [0.5, 0.6) is 0 Å². The van der Waals surface area contributed by atoms with Gasteiger partial charge in [-0.1, -0.05) is 18.2 Å². The van der Waals surface area contributed by atoms with Crippen LogP contribution in [-0.2, 0) is 4.74 Å². The fraction of sp³-hybridized carbons (Fsp3) is 0.462. The number of ether oxygens (including phenoxy) is 1. The van der Waals surface area contributed by atoms with E-state index in [1.54, 1.807) is 4.90 Å². The standard InChI is InChI=1S/C13H18N2O2/c1-9(2)15-8-7-12(17-13(15)16)10-5-3-4-6-11(10)14/h3-6,9,12H,7-8,14H2,1-2H3. The number of rotatable bonds is 2. The van der Waals surface area contributed by atoms with Gasteiger partial charge in [-0.25, -0.2) is 4.79 Å². The summed E-state index contributed by atoms with van der Waals surface area (Å²) >= 11 is 0. The summed E-state index contributed by atoms with van der Waals surface area (Å²) in [7, 11) is 0. The smallest absolute Gasteiger partial charge is 0.410 e. The molecule has 0 radical (unpaired) electrons. The summed E-state index contributed by atoms with van der Waals surface area (Å²) in [5.41, 5.74) is 7.48. The SMILES string of the molecule is CC(C)N1CCC(c2ccccc2N)OC1=O. The Balaban J connectivity index is 2.13. The van der Waals surface area contributed by atoms with Gasteiger partial charge in [-0.2, -0.15) is 0 Å². The minimum atomic E-state index is -0.250. The Bertz CT molecular complexity index is 418. The highest BCUT2D eigenvalue weighted by Gasteiger charge is 2.30. The summed E-state index contributed by atoms with van der Waals surface area (Å²) in [6.07, 6.45) is 0.330. The molecule has 1 aromatic rings. The Morgan fingerprint density at radius 3 is 2.71 bits per heavy atom. The molecule has 1 aliphatic heterocycles. The van der Waals surface area contributed by atoms with E-state index in [9.17, 15) is 4.79 Å². The molecule has 0 bridgehead atoms. The van der Waals surface area contributed by atoms with Crippen molar-refractivity contribution in [3.05, 3.63) is 29.8 Å². The lowest BCUT2D eigenvalue weighted by Gasteiger charge is -2.34. The molecule has 1 heterocycles. The minimum Gasteiger partial charge on any atom is -0.441 e. The largest absolute Gasteiger partial charge is 0.441 e. The molecule has 1 amide bonds. The first-order chi connectivity index (χ1) is 8.09. The van der Waals surface area contributed by atoms with Crippen LogP contribution in [0, 0.1) is 0 Å². The molecule has 4 heteroatoms. The topological polar surface area (TPSA) is 55.6 Å². The molecule has 2 rings (SSSR count). The van der Waals surface area contributed by atoms with Crippen LogP contribution in [0.15, 0.2) is 24.3 Å². The molecule has 0 aromatic heterocycles. The van der Waals surface area contributed by atoms with Gasteiger partial charge in [0.25, 0.3) is 0 Å². The number of hydrogen-bond donors (Lipinski definition) is 1. The second-order valence-corrected chi connectivity index (χ2v) is 4.58. The van der Waals surface area contributed by atoms with E-state index >= 15 is 0 Å². The molecular weight excluding hydrogens is 216 g/mol. The first-order valence-corrected chi connectivity index (χ1v) is 5.91. The average molecular weight is 234 g/mol. The zero-order valence-corrected chi connectivity index (χ0v) is 10.2. The van der Waals surface area contributed by atoms with Crippen molar-refractivity contribution in [1.29, 1.82) is 0 Å². The third-order valence-corrected chi connectivity index (χ3v) is 3.08. The summed E-state index contributed by atoms with van der Waals surface area (Å²) in [5, 5.41) is 0. The van der Waals surface area contributed by atoms with Gasteiger partial charge in [-0.15, -0.1) is 0 Å². The van der Waals surface area contributed by atoms with Crippen LogP contribution < -0.4 is 5.73 Å². The number of nitrogen functional groups attached to an aromatic ring is 1. The zero-order valence-electron chi connectivity index (χ0n) is 10.2. The predicted octanol–water partition coefficient (Wildman–Crippen LogP) is 2.56. The maximum atomic E-state index is 11.8.